The van der Waals surface area contributed by atoms with E-state index in [1.54, 1.807) is 0 Å². The molecule has 0 aromatic heterocycles. The fourth-order valence-corrected chi connectivity index (χ4v) is 3.29. The molecule has 152 valence electrons. The van der Waals surface area contributed by atoms with E-state index in [0.717, 1.165) is 70.4 Å². The summed E-state index contributed by atoms with van der Waals surface area (Å²) in [6.45, 7) is 8.64. The molecule has 1 aliphatic carbocycles. The molecule has 0 radical (unpaired) electrons. The quantitative estimate of drug-likeness (QED) is 0.231. The van der Waals surface area contributed by atoms with Crippen LogP contribution >= 0.6 is 24.0 Å². The lowest BCUT2D eigenvalue weighted by Crippen LogP contribution is -2.41. The van der Waals surface area contributed by atoms with Crippen molar-refractivity contribution in [3.05, 3.63) is 0 Å². The molecule has 2 N–H and O–H groups in total. The van der Waals surface area contributed by atoms with Crippen LogP contribution in [0.3, 0.4) is 0 Å². The smallest absolute Gasteiger partial charge is 0.222 e. The number of rotatable bonds is 9. The Balaban J connectivity index is 0.00000338. The van der Waals surface area contributed by atoms with Crippen LogP contribution in [0.4, 0.5) is 0 Å². The highest BCUT2D eigenvalue weighted by molar-refractivity contribution is 14.0. The van der Waals surface area contributed by atoms with Gasteiger partial charge in [-0.2, -0.15) is 0 Å². The molecule has 1 aliphatic heterocycles. The third-order valence-corrected chi connectivity index (χ3v) is 5.24. The molecule has 2 fully saturated rings. The van der Waals surface area contributed by atoms with Gasteiger partial charge in [0.25, 0.3) is 0 Å². The maximum atomic E-state index is 12.0. The Hall–Kier alpha value is -0.570. The summed E-state index contributed by atoms with van der Waals surface area (Å²) in [5, 5.41) is 6.73. The highest BCUT2D eigenvalue weighted by Gasteiger charge is 2.28. The van der Waals surface area contributed by atoms with Crippen LogP contribution in [0.15, 0.2) is 4.99 Å². The van der Waals surface area contributed by atoms with E-state index < -0.39 is 0 Å². The van der Waals surface area contributed by atoms with E-state index in [1.165, 1.54) is 19.3 Å². The molecule has 1 heterocycles. The first-order chi connectivity index (χ1) is 12.1. The van der Waals surface area contributed by atoms with Gasteiger partial charge in [-0.15, -0.1) is 24.0 Å². The number of aliphatic imine (C=N–C) groups is 1. The number of halogens is 1. The van der Waals surface area contributed by atoms with Crippen LogP contribution in [0.25, 0.3) is 0 Å². The van der Waals surface area contributed by atoms with Crippen LogP contribution in [0.1, 0.15) is 58.8 Å². The summed E-state index contributed by atoms with van der Waals surface area (Å²) in [4.78, 5) is 21.2. The number of nitrogens with one attached hydrogen (secondary N) is 2. The molecule has 1 saturated carbocycles. The maximum Gasteiger partial charge on any atom is 0.222 e. The fourth-order valence-electron chi connectivity index (χ4n) is 3.29. The van der Waals surface area contributed by atoms with Gasteiger partial charge in [0.2, 0.25) is 5.91 Å². The van der Waals surface area contributed by atoms with Crippen molar-refractivity contribution in [3.8, 4) is 0 Å². The Labute approximate surface area is 176 Å². The number of hydrogen-bond donors (Lipinski definition) is 2. The number of carbonyl (C=O) groups is 1. The number of nitrogens with zero attached hydrogens (tertiary/aromatic N) is 3. The lowest BCUT2D eigenvalue weighted by molar-refractivity contribution is -0.130. The molecular weight excluding hydrogens is 441 g/mol. The fraction of sp³-hybridized carbons (Fsp3) is 0.895. The van der Waals surface area contributed by atoms with Gasteiger partial charge in [0.15, 0.2) is 5.96 Å². The third-order valence-electron chi connectivity index (χ3n) is 5.24. The van der Waals surface area contributed by atoms with Crippen LogP contribution in [0.5, 0.6) is 0 Å². The summed E-state index contributed by atoms with van der Waals surface area (Å²) < 4.78 is 0. The molecule has 1 amide bonds. The molecule has 1 saturated heterocycles. The molecule has 26 heavy (non-hydrogen) atoms. The number of carbonyl (C=O) groups excluding carboxylic acids is 1. The van der Waals surface area contributed by atoms with Crippen LogP contribution in [-0.2, 0) is 4.79 Å². The van der Waals surface area contributed by atoms with Gasteiger partial charge in [0.1, 0.15) is 0 Å². The number of guanidine groups is 1. The van der Waals surface area contributed by atoms with Crippen molar-refractivity contribution in [3.63, 3.8) is 0 Å². The summed E-state index contributed by atoms with van der Waals surface area (Å²) in [5.41, 5.74) is 0. The highest BCUT2D eigenvalue weighted by Crippen LogP contribution is 2.26. The minimum Gasteiger partial charge on any atom is -0.357 e. The Morgan fingerprint density at radius 2 is 2.08 bits per heavy atom. The van der Waals surface area contributed by atoms with Gasteiger partial charge < -0.3 is 15.5 Å². The Bertz CT molecular complexity index is 442. The second-order valence-corrected chi connectivity index (χ2v) is 7.44. The van der Waals surface area contributed by atoms with Crippen molar-refractivity contribution in [2.24, 2.45) is 4.99 Å². The number of hydrogen-bond acceptors (Lipinski definition) is 3. The second kappa shape index (κ2) is 12.8. The highest BCUT2D eigenvalue weighted by atomic mass is 127. The predicted octanol–water partition coefficient (Wildman–Crippen LogP) is 2.43. The van der Waals surface area contributed by atoms with Gasteiger partial charge in [-0.1, -0.05) is 6.42 Å². The first-order valence-corrected chi connectivity index (χ1v) is 10.1. The van der Waals surface area contributed by atoms with Crippen molar-refractivity contribution >= 4 is 35.8 Å². The average Bonchev–Trinajstić information content (AvgIpc) is 3.44. The van der Waals surface area contributed by atoms with E-state index in [1.807, 2.05) is 4.90 Å². The molecule has 0 aromatic carbocycles. The van der Waals surface area contributed by atoms with E-state index in [0.29, 0.717) is 11.9 Å². The van der Waals surface area contributed by atoms with E-state index in [9.17, 15) is 4.79 Å². The molecule has 7 heteroatoms. The van der Waals surface area contributed by atoms with Crippen molar-refractivity contribution in [2.45, 2.75) is 70.9 Å². The zero-order valence-corrected chi connectivity index (χ0v) is 19.1. The summed E-state index contributed by atoms with van der Waals surface area (Å²) in [5.74, 6) is 1.22. The van der Waals surface area contributed by atoms with Gasteiger partial charge in [-0.05, 0) is 53.0 Å². The first kappa shape index (κ1) is 23.5. The topological polar surface area (TPSA) is 60.0 Å². The molecule has 0 aromatic rings. The molecule has 6 nitrogen and oxygen atoms in total. The van der Waals surface area contributed by atoms with E-state index in [2.05, 4.69) is 36.4 Å². The SMILES string of the molecule is CCNC(=NCC(C)N(C)C1CC1)NCCCN1CCCCCC1=O.I. The van der Waals surface area contributed by atoms with E-state index >= 15 is 0 Å². The van der Waals surface area contributed by atoms with E-state index in [4.69, 9.17) is 4.99 Å². The summed E-state index contributed by atoms with van der Waals surface area (Å²) in [6, 6.07) is 1.24. The Kier molecular flexibility index (Phi) is 11.5. The van der Waals surface area contributed by atoms with Gasteiger partial charge >= 0.3 is 0 Å². The summed E-state index contributed by atoms with van der Waals surface area (Å²) in [7, 11) is 2.20. The molecule has 1 atom stereocenters. The van der Waals surface area contributed by atoms with Crippen molar-refractivity contribution in [1.82, 2.24) is 20.4 Å². The zero-order chi connectivity index (χ0) is 18.1. The maximum absolute atomic E-state index is 12.0. The van der Waals surface area contributed by atoms with Gasteiger partial charge in [0.05, 0.1) is 6.54 Å². The van der Waals surface area contributed by atoms with Crippen LogP contribution in [0, 0.1) is 0 Å². The largest absolute Gasteiger partial charge is 0.357 e. The Morgan fingerprint density at radius 3 is 2.77 bits per heavy atom. The average molecular weight is 479 g/mol. The van der Waals surface area contributed by atoms with E-state index in [-0.39, 0.29) is 24.0 Å². The van der Waals surface area contributed by atoms with Crippen molar-refractivity contribution in [2.75, 3.05) is 39.8 Å². The zero-order valence-electron chi connectivity index (χ0n) is 16.8. The minimum atomic E-state index is 0. The molecule has 1 unspecified atom stereocenters. The van der Waals surface area contributed by atoms with Crippen LogP contribution < -0.4 is 10.6 Å². The summed E-state index contributed by atoms with van der Waals surface area (Å²) >= 11 is 0. The molecule has 0 spiro atoms. The number of likely N-dealkylation sites (tertiary alicyclic amines) is 1. The molecule has 2 rings (SSSR count). The van der Waals surface area contributed by atoms with Crippen LogP contribution in [-0.4, -0.2) is 73.5 Å². The van der Waals surface area contributed by atoms with Gasteiger partial charge in [0, 0.05) is 44.7 Å². The molecular formula is C19H38IN5O. The summed E-state index contributed by atoms with van der Waals surface area (Å²) in [6.07, 6.45) is 7.74. The van der Waals surface area contributed by atoms with Crippen molar-refractivity contribution in [1.29, 1.82) is 0 Å². The minimum absolute atomic E-state index is 0. The lowest BCUT2D eigenvalue weighted by Gasteiger charge is -2.23. The van der Waals surface area contributed by atoms with Gasteiger partial charge in [-0.25, -0.2) is 0 Å². The van der Waals surface area contributed by atoms with Crippen LogP contribution in [0.2, 0.25) is 0 Å². The molecule has 2 aliphatic rings. The molecule has 0 bridgehead atoms. The normalized spacial score (nSPS) is 19.8. The third kappa shape index (κ3) is 8.41. The number of amides is 1. The predicted molar refractivity (Wildman–Crippen MR) is 119 cm³/mol. The first-order valence-electron chi connectivity index (χ1n) is 10.1. The monoisotopic (exact) mass is 479 g/mol. The van der Waals surface area contributed by atoms with Gasteiger partial charge in [-0.3, -0.25) is 14.7 Å². The second-order valence-electron chi connectivity index (χ2n) is 7.44. The van der Waals surface area contributed by atoms with Crippen molar-refractivity contribution < 1.29 is 4.79 Å². The number of likely N-dealkylation sites (N-methyl/N-ethyl adjacent to an activating group) is 1. The Morgan fingerprint density at radius 1 is 1.31 bits per heavy atom. The lowest BCUT2D eigenvalue weighted by atomic mass is 10.2. The standard InChI is InChI=1S/C19H37N5O.HI/c1-4-20-19(22-15-16(2)23(3)17-10-11-17)21-12-8-14-24-13-7-5-6-9-18(24)25;/h16-17H,4-15H2,1-3H3,(H2,20,21,22);1H.